The molecule has 0 fully saturated rings. The smallest absolute Gasteiger partial charge is 0.219 e. The molecule has 0 aromatic carbocycles. The first-order chi connectivity index (χ1) is 13.0. The summed E-state index contributed by atoms with van der Waals surface area (Å²) < 4.78 is -0.291. The highest BCUT2D eigenvalue weighted by Gasteiger charge is 2.03. The number of hydrogen-bond acceptors (Lipinski definition) is 2. The molecule has 0 aromatic heterocycles. The third-order valence-electron chi connectivity index (χ3n) is 4.55. The van der Waals surface area contributed by atoms with Crippen LogP contribution in [0.1, 0.15) is 90.4 Å². The van der Waals surface area contributed by atoms with Gasteiger partial charge in [0.15, 0.2) is 0 Å². The summed E-state index contributed by atoms with van der Waals surface area (Å²) in [6.45, 7) is 3.40. The summed E-state index contributed by atoms with van der Waals surface area (Å²) in [6.07, 6.45) is 23.7. The Morgan fingerprint density at radius 2 is 1.44 bits per heavy atom. The highest BCUT2D eigenvalue weighted by molar-refractivity contribution is 5.75. The van der Waals surface area contributed by atoms with Gasteiger partial charge in [0.1, 0.15) is 0 Å². The van der Waals surface area contributed by atoms with Gasteiger partial charge in [0.05, 0.1) is 20.6 Å². The van der Waals surface area contributed by atoms with Crippen LogP contribution in [0.4, 0.5) is 0 Å². The molecular weight excluding hydrogens is 336 g/mol. The number of unbranched alkanes of at least 4 members (excludes halogenated alkanes) is 8. The maximum Gasteiger partial charge on any atom is 0.219 e. The van der Waals surface area contributed by atoms with Gasteiger partial charge in [-0.15, -0.1) is 0 Å². The van der Waals surface area contributed by atoms with Gasteiger partial charge in [-0.1, -0.05) is 63.3 Å². The number of amides is 1. The molecule has 0 radical (unpaired) electrons. The summed E-state index contributed by atoms with van der Waals surface area (Å²) in [4.78, 5) is 11.7. The lowest BCUT2D eigenvalue weighted by Gasteiger charge is -2.33. The first-order valence-corrected chi connectivity index (χ1v) is 11.1. The van der Waals surface area contributed by atoms with Crippen molar-refractivity contribution in [1.82, 2.24) is 5.32 Å². The third-order valence-corrected chi connectivity index (χ3v) is 4.55. The number of nitrogens with one attached hydrogen (secondary N) is 1. The third kappa shape index (κ3) is 22.8. The van der Waals surface area contributed by atoms with Crippen molar-refractivity contribution in [2.24, 2.45) is 0 Å². The average Bonchev–Trinajstić information content (AvgIpc) is 2.61. The Labute approximate surface area is 168 Å². The largest absolute Gasteiger partial charge is 0.633 e. The van der Waals surface area contributed by atoms with Crippen molar-refractivity contribution in [2.75, 3.05) is 27.2 Å². The Hall–Kier alpha value is -1.13. The van der Waals surface area contributed by atoms with E-state index >= 15 is 0 Å². The molecule has 0 spiro atoms. The van der Waals surface area contributed by atoms with Gasteiger partial charge in [0.2, 0.25) is 5.91 Å². The molecular formula is C23H44N2O2. The maximum atomic E-state index is 11.7. The molecule has 4 nitrogen and oxygen atoms in total. The molecule has 0 rings (SSSR count). The normalized spacial score (nSPS) is 12.3. The van der Waals surface area contributed by atoms with Crippen molar-refractivity contribution in [1.29, 1.82) is 0 Å². The molecule has 4 heteroatoms. The van der Waals surface area contributed by atoms with E-state index in [9.17, 15) is 10.0 Å². The van der Waals surface area contributed by atoms with Gasteiger partial charge in [-0.3, -0.25) is 4.79 Å². The van der Waals surface area contributed by atoms with Crippen LogP contribution in [0, 0.1) is 5.21 Å². The van der Waals surface area contributed by atoms with Gasteiger partial charge in [0.25, 0.3) is 0 Å². The van der Waals surface area contributed by atoms with Crippen LogP contribution in [-0.4, -0.2) is 37.7 Å². The Morgan fingerprint density at radius 1 is 0.852 bits per heavy atom. The van der Waals surface area contributed by atoms with Crippen molar-refractivity contribution in [2.45, 2.75) is 90.4 Å². The molecule has 1 N–H and O–H groups in total. The molecule has 0 saturated heterocycles. The second kappa shape index (κ2) is 18.2. The molecule has 0 aromatic rings. The van der Waals surface area contributed by atoms with E-state index in [1.54, 1.807) is 14.1 Å². The minimum atomic E-state index is -0.291. The summed E-state index contributed by atoms with van der Waals surface area (Å²) in [5, 5.41) is 14.3. The fourth-order valence-electron chi connectivity index (χ4n) is 2.87. The number of carbonyl (C=O) groups is 1. The summed E-state index contributed by atoms with van der Waals surface area (Å²) in [5.74, 6) is 0.122. The van der Waals surface area contributed by atoms with E-state index < -0.39 is 0 Å². The number of quaternary nitrogens is 1. The minimum Gasteiger partial charge on any atom is -0.633 e. The van der Waals surface area contributed by atoms with Crippen molar-refractivity contribution < 1.29 is 9.44 Å². The van der Waals surface area contributed by atoms with Crippen molar-refractivity contribution >= 4 is 5.91 Å². The highest BCUT2D eigenvalue weighted by atomic mass is 16.5. The van der Waals surface area contributed by atoms with Crippen LogP contribution in [0.3, 0.4) is 0 Å². The number of hydroxylamine groups is 3. The van der Waals surface area contributed by atoms with Crippen LogP contribution >= 0.6 is 0 Å². The summed E-state index contributed by atoms with van der Waals surface area (Å²) in [5.41, 5.74) is 0. The zero-order chi connectivity index (χ0) is 20.2. The van der Waals surface area contributed by atoms with Gasteiger partial charge in [-0.2, -0.15) is 0 Å². The quantitative estimate of drug-likeness (QED) is 0.140. The second-order valence-electron chi connectivity index (χ2n) is 7.98. The van der Waals surface area contributed by atoms with Gasteiger partial charge < -0.3 is 15.2 Å². The van der Waals surface area contributed by atoms with Gasteiger partial charge in [0, 0.05) is 19.4 Å². The molecule has 0 bridgehead atoms. The van der Waals surface area contributed by atoms with Crippen LogP contribution in [0.25, 0.3) is 0 Å². The number of nitrogens with zero attached hydrogens (tertiary/aromatic N) is 1. The Kier molecular flexibility index (Phi) is 17.5. The highest BCUT2D eigenvalue weighted by Crippen LogP contribution is 2.08. The van der Waals surface area contributed by atoms with Crippen LogP contribution < -0.4 is 5.32 Å². The molecule has 0 aliphatic carbocycles. The van der Waals surface area contributed by atoms with Crippen LogP contribution in [0.15, 0.2) is 24.3 Å². The lowest BCUT2D eigenvalue weighted by Crippen LogP contribution is -2.35. The fraction of sp³-hybridized carbons (Fsp3) is 0.783. The van der Waals surface area contributed by atoms with E-state index in [0.29, 0.717) is 19.5 Å². The number of carbonyl (C=O) groups excluding carboxylic acids is 1. The molecule has 0 atom stereocenters. The predicted molar refractivity (Wildman–Crippen MR) is 117 cm³/mol. The van der Waals surface area contributed by atoms with Gasteiger partial charge in [-0.25, -0.2) is 0 Å². The van der Waals surface area contributed by atoms with E-state index in [1.807, 2.05) is 0 Å². The predicted octanol–water partition coefficient (Wildman–Crippen LogP) is 5.88. The molecule has 0 unspecified atom stereocenters. The van der Waals surface area contributed by atoms with E-state index in [4.69, 9.17) is 0 Å². The fourth-order valence-corrected chi connectivity index (χ4v) is 2.87. The van der Waals surface area contributed by atoms with Crippen molar-refractivity contribution in [3.05, 3.63) is 29.5 Å². The Bertz CT molecular complexity index is 398. The van der Waals surface area contributed by atoms with E-state index in [-0.39, 0.29) is 10.6 Å². The number of allylic oxidation sites excluding steroid dienone is 4. The maximum absolute atomic E-state index is 11.7. The van der Waals surface area contributed by atoms with E-state index in [0.717, 1.165) is 25.7 Å². The molecule has 0 heterocycles. The first-order valence-electron chi connectivity index (χ1n) is 11.1. The topological polar surface area (TPSA) is 52.2 Å². The van der Waals surface area contributed by atoms with Crippen LogP contribution in [0.5, 0.6) is 0 Å². The standard InChI is InChI=1S/C23H44N2O2/c1-4-5-6-7-8-9-10-11-12-13-14-15-16-17-18-20-23(26)24-21-19-22-25(2,3)27/h8-9,11-12H,4-7,10,13-22H2,1-3H3,(H,24,26)/b9-8-,12-11-. The molecule has 0 aliphatic heterocycles. The average molecular weight is 381 g/mol. The van der Waals surface area contributed by atoms with Crippen molar-refractivity contribution in [3.63, 3.8) is 0 Å². The first kappa shape index (κ1) is 25.9. The summed E-state index contributed by atoms with van der Waals surface area (Å²) in [6, 6.07) is 0. The molecule has 1 amide bonds. The second-order valence-corrected chi connectivity index (χ2v) is 7.98. The minimum absolute atomic E-state index is 0.122. The lowest BCUT2D eigenvalue weighted by atomic mass is 10.1. The molecule has 0 saturated carbocycles. The molecule has 0 aliphatic rings. The SMILES string of the molecule is CCCCC/C=C\C/C=C\CCCCCCCC(=O)NCCC[N+](C)(C)[O-]. The zero-order valence-electron chi connectivity index (χ0n) is 18.2. The number of hydrogen-bond donors (Lipinski definition) is 1. The van der Waals surface area contributed by atoms with E-state index in [2.05, 4.69) is 36.5 Å². The number of rotatable bonds is 18. The van der Waals surface area contributed by atoms with Crippen molar-refractivity contribution in [3.8, 4) is 0 Å². The van der Waals surface area contributed by atoms with Gasteiger partial charge in [-0.05, 0) is 38.5 Å². The van der Waals surface area contributed by atoms with Crippen LogP contribution in [-0.2, 0) is 4.79 Å². The van der Waals surface area contributed by atoms with Crippen LogP contribution in [0.2, 0.25) is 0 Å². The Balaban J connectivity index is 3.32. The van der Waals surface area contributed by atoms with E-state index in [1.165, 1.54) is 51.4 Å². The Morgan fingerprint density at radius 3 is 2.07 bits per heavy atom. The molecule has 27 heavy (non-hydrogen) atoms. The lowest BCUT2D eigenvalue weighted by molar-refractivity contribution is -0.840. The van der Waals surface area contributed by atoms with Gasteiger partial charge >= 0.3 is 0 Å². The summed E-state index contributed by atoms with van der Waals surface area (Å²) in [7, 11) is 3.26. The summed E-state index contributed by atoms with van der Waals surface area (Å²) >= 11 is 0. The molecule has 158 valence electrons. The zero-order valence-corrected chi connectivity index (χ0v) is 18.2. The monoisotopic (exact) mass is 380 g/mol.